The van der Waals surface area contributed by atoms with Crippen LogP contribution in [0.2, 0.25) is 0 Å². The molecule has 0 heterocycles. The van der Waals surface area contributed by atoms with E-state index in [9.17, 15) is 22.4 Å². The van der Waals surface area contributed by atoms with Crippen molar-refractivity contribution in [2.75, 3.05) is 0 Å². The molecule has 0 saturated carbocycles. The van der Waals surface area contributed by atoms with E-state index >= 15 is 0 Å². The number of hydrogen-bond acceptors (Lipinski definition) is 1. The minimum Gasteiger partial charge on any atom is -0.294 e. The predicted molar refractivity (Wildman–Crippen MR) is 44.1 cm³/mol. The van der Waals surface area contributed by atoms with Gasteiger partial charge in [-0.1, -0.05) is 0 Å². The number of hydrogen-bond donors (Lipinski definition) is 0. The van der Waals surface area contributed by atoms with Gasteiger partial charge in [-0.2, -0.15) is 13.2 Å². The second-order valence-electron chi connectivity index (χ2n) is 3.37. The van der Waals surface area contributed by atoms with E-state index in [1.165, 1.54) is 0 Å². The third-order valence-electron chi connectivity index (χ3n) is 2.45. The Morgan fingerprint density at radius 1 is 1.13 bits per heavy atom. The molecule has 0 radical (unpaired) electrons. The molecule has 0 atom stereocenters. The second-order valence-corrected chi connectivity index (χ2v) is 3.37. The zero-order valence-electron chi connectivity index (χ0n) is 7.49. The van der Waals surface area contributed by atoms with Crippen LogP contribution in [0.4, 0.5) is 17.6 Å². The van der Waals surface area contributed by atoms with E-state index in [4.69, 9.17) is 0 Å². The van der Waals surface area contributed by atoms with Gasteiger partial charge in [0.25, 0.3) is 0 Å². The third kappa shape index (κ3) is 1.52. The second kappa shape index (κ2) is 3.05. The molecule has 0 N–H and O–H groups in total. The van der Waals surface area contributed by atoms with Crippen LogP contribution in [0, 0.1) is 5.82 Å². The first-order valence-corrected chi connectivity index (χ1v) is 4.33. The van der Waals surface area contributed by atoms with Gasteiger partial charge in [0.15, 0.2) is 5.78 Å². The van der Waals surface area contributed by atoms with Gasteiger partial charge in [0.05, 0.1) is 5.56 Å². The Bertz CT molecular complexity index is 434. The van der Waals surface area contributed by atoms with Crippen LogP contribution in [0.1, 0.15) is 27.9 Å². The molecule has 1 nitrogen and oxygen atoms in total. The number of alkyl halides is 3. The Labute approximate surface area is 82.7 Å². The number of ketones is 1. The lowest BCUT2D eigenvalue weighted by Crippen LogP contribution is -2.12. The summed E-state index contributed by atoms with van der Waals surface area (Å²) in [5.41, 5.74) is -1.48. The summed E-state index contributed by atoms with van der Waals surface area (Å²) in [6.07, 6.45) is -4.73. The summed E-state index contributed by atoms with van der Waals surface area (Å²) in [5.74, 6) is -1.66. The van der Waals surface area contributed by atoms with Crippen LogP contribution in [0.3, 0.4) is 0 Å². The number of carbonyl (C=O) groups excluding carboxylic acids is 1. The van der Waals surface area contributed by atoms with Gasteiger partial charge in [0, 0.05) is 12.0 Å². The Balaban J connectivity index is 2.70. The van der Waals surface area contributed by atoms with E-state index in [2.05, 4.69) is 0 Å². The molecule has 0 spiro atoms. The smallest absolute Gasteiger partial charge is 0.294 e. The summed E-state index contributed by atoms with van der Waals surface area (Å²) in [6, 6.07) is 1.82. The van der Waals surface area contributed by atoms with Gasteiger partial charge in [-0.25, -0.2) is 4.39 Å². The number of halogens is 4. The molecular formula is C10H6F4O. The van der Waals surface area contributed by atoms with Gasteiger partial charge in [-0.15, -0.1) is 0 Å². The van der Waals surface area contributed by atoms with Crippen molar-refractivity contribution in [1.82, 2.24) is 0 Å². The van der Waals surface area contributed by atoms with Crippen LogP contribution < -0.4 is 0 Å². The summed E-state index contributed by atoms with van der Waals surface area (Å²) in [4.78, 5) is 11.2. The SMILES string of the molecule is O=C1CCc2c1ccc(F)c2C(F)(F)F. The van der Waals surface area contributed by atoms with Crippen LogP contribution in [0.25, 0.3) is 0 Å². The highest BCUT2D eigenvalue weighted by Gasteiger charge is 2.39. The quantitative estimate of drug-likeness (QED) is 0.612. The molecule has 15 heavy (non-hydrogen) atoms. The van der Waals surface area contributed by atoms with Crippen molar-refractivity contribution in [2.24, 2.45) is 0 Å². The molecule has 1 aliphatic carbocycles. The minimum atomic E-state index is -4.74. The highest BCUT2D eigenvalue weighted by Crippen LogP contribution is 2.38. The number of fused-ring (bicyclic) bond motifs is 1. The lowest BCUT2D eigenvalue weighted by atomic mass is 10.0. The van der Waals surface area contributed by atoms with Crippen molar-refractivity contribution < 1.29 is 22.4 Å². The molecule has 5 heteroatoms. The summed E-state index contributed by atoms with van der Waals surface area (Å²) >= 11 is 0. The molecule has 0 saturated heterocycles. The van der Waals surface area contributed by atoms with Gasteiger partial charge in [0.2, 0.25) is 0 Å². The topological polar surface area (TPSA) is 17.1 Å². The van der Waals surface area contributed by atoms with Crippen LogP contribution in [0.5, 0.6) is 0 Å². The van der Waals surface area contributed by atoms with E-state index in [0.717, 1.165) is 6.07 Å². The third-order valence-corrected chi connectivity index (χ3v) is 2.45. The number of benzene rings is 1. The first-order valence-electron chi connectivity index (χ1n) is 4.33. The Hall–Kier alpha value is -1.39. The maximum Gasteiger partial charge on any atom is 0.419 e. The molecule has 0 aliphatic heterocycles. The summed E-state index contributed by atoms with van der Waals surface area (Å²) in [6.45, 7) is 0. The van der Waals surface area contributed by atoms with Crippen LogP contribution in [-0.4, -0.2) is 5.78 Å². The maximum atomic E-state index is 13.0. The van der Waals surface area contributed by atoms with E-state index in [1.807, 2.05) is 0 Å². The average molecular weight is 218 g/mol. The highest BCUT2D eigenvalue weighted by molar-refractivity contribution is 6.00. The number of rotatable bonds is 0. The fourth-order valence-electron chi connectivity index (χ4n) is 1.82. The standard InChI is InChI=1S/C10H6F4O/c11-7-3-1-5-6(2-4-8(5)15)9(7)10(12,13)14/h1,3H,2,4H2. The zero-order valence-corrected chi connectivity index (χ0v) is 7.49. The molecule has 1 aromatic rings. The molecule has 0 aromatic heterocycles. The van der Waals surface area contributed by atoms with Gasteiger partial charge < -0.3 is 0 Å². The normalized spacial score (nSPS) is 15.6. The molecule has 2 rings (SSSR count). The maximum absolute atomic E-state index is 13.0. The van der Waals surface area contributed by atoms with E-state index in [-0.39, 0.29) is 29.8 Å². The fourth-order valence-corrected chi connectivity index (χ4v) is 1.82. The first kappa shape index (κ1) is 10.1. The molecule has 0 unspecified atom stereocenters. The van der Waals surface area contributed by atoms with Gasteiger partial charge in [0.1, 0.15) is 5.82 Å². The predicted octanol–water partition coefficient (Wildman–Crippen LogP) is 2.97. The van der Waals surface area contributed by atoms with Crippen molar-refractivity contribution >= 4 is 5.78 Å². The van der Waals surface area contributed by atoms with E-state index in [0.29, 0.717) is 6.07 Å². The first-order chi connectivity index (χ1) is 6.91. The minimum absolute atomic E-state index is 0.00345. The Morgan fingerprint density at radius 2 is 1.80 bits per heavy atom. The van der Waals surface area contributed by atoms with E-state index in [1.54, 1.807) is 0 Å². The molecule has 1 aliphatic rings. The molecule has 0 amide bonds. The Morgan fingerprint density at radius 3 is 2.40 bits per heavy atom. The zero-order chi connectivity index (χ0) is 11.2. The van der Waals surface area contributed by atoms with Crippen LogP contribution in [0.15, 0.2) is 12.1 Å². The van der Waals surface area contributed by atoms with Gasteiger partial charge in [-0.3, -0.25) is 4.79 Å². The molecular weight excluding hydrogens is 212 g/mol. The fraction of sp³-hybridized carbons (Fsp3) is 0.300. The monoisotopic (exact) mass is 218 g/mol. The van der Waals surface area contributed by atoms with Crippen LogP contribution in [-0.2, 0) is 12.6 Å². The number of Topliss-reactive ketones (excluding diaryl/α,β-unsaturated/α-hetero) is 1. The average Bonchev–Trinajstić information content (AvgIpc) is 2.45. The summed E-state index contributed by atoms with van der Waals surface area (Å²) in [5, 5.41) is 0. The molecule has 80 valence electrons. The molecule has 1 aromatic carbocycles. The van der Waals surface area contributed by atoms with Crippen molar-refractivity contribution in [2.45, 2.75) is 19.0 Å². The molecule has 0 fully saturated rings. The van der Waals surface area contributed by atoms with Crippen LogP contribution >= 0.6 is 0 Å². The van der Waals surface area contributed by atoms with Crippen molar-refractivity contribution in [3.8, 4) is 0 Å². The lowest BCUT2D eigenvalue weighted by molar-refractivity contribution is -0.140. The van der Waals surface area contributed by atoms with Crippen molar-refractivity contribution in [3.05, 3.63) is 34.6 Å². The molecule has 0 bridgehead atoms. The Kier molecular flexibility index (Phi) is 2.06. The van der Waals surface area contributed by atoms with Crippen molar-refractivity contribution in [1.29, 1.82) is 0 Å². The van der Waals surface area contributed by atoms with Gasteiger partial charge >= 0.3 is 6.18 Å². The highest BCUT2D eigenvalue weighted by atomic mass is 19.4. The number of carbonyl (C=O) groups is 1. The van der Waals surface area contributed by atoms with Crippen molar-refractivity contribution in [3.63, 3.8) is 0 Å². The summed E-state index contributed by atoms with van der Waals surface area (Å²) < 4.78 is 50.5. The largest absolute Gasteiger partial charge is 0.419 e. The summed E-state index contributed by atoms with van der Waals surface area (Å²) in [7, 11) is 0. The lowest BCUT2D eigenvalue weighted by Gasteiger charge is -2.12. The van der Waals surface area contributed by atoms with Gasteiger partial charge in [-0.05, 0) is 24.1 Å². The van der Waals surface area contributed by atoms with E-state index < -0.39 is 17.6 Å².